The molecule has 0 radical (unpaired) electrons. The first kappa shape index (κ1) is 21.0. The molecule has 8 heteroatoms. The Morgan fingerprint density at radius 3 is 2.41 bits per heavy atom. The lowest BCUT2D eigenvalue weighted by atomic mass is 10.3. The van der Waals surface area contributed by atoms with Crippen LogP contribution in [0.5, 0.6) is 0 Å². The van der Waals surface area contributed by atoms with Crippen molar-refractivity contribution >= 4 is 51.2 Å². The van der Waals surface area contributed by atoms with Crippen molar-refractivity contribution in [2.45, 2.75) is 11.3 Å². The summed E-state index contributed by atoms with van der Waals surface area (Å²) in [4.78, 5) is 36.2. The van der Waals surface area contributed by atoms with Gasteiger partial charge in [0.1, 0.15) is 0 Å². The third-order valence-corrected chi connectivity index (χ3v) is 4.98. The number of carbonyl (C=O) groups excluding carboxylic acids is 3. The van der Waals surface area contributed by atoms with Gasteiger partial charge in [-0.3, -0.25) is 14.4 Å². The van der Waals surface area contributed by atoms with Crippen molar-refractivity contribution in [3.63, 3.8) is 0 Å². The Kier molecular flexibility index (Phi) is 8.86. The Bertz CT molecular complexity index is 786. The van der Waals surface area contributed by atoms with Gasteiger partial charge in [-0.25, -0.2) is 0 Å². The molecule has 0 heterocycles. The highest BCUT2D eigenvalue weighted by Gasteiger charge is 2.10. The van der Waals surface area contributed by atoms with Gasteiger partial charge in [0.2, 0.25) is 5.91 Å². The van der Waals surface area contributed by atoms with Crippen LogP contribution in [0.25, 0.3) is 0 Å². The Balaban J connectivity index is 1.59. The first-order valence-corrected chi connectivity index (χ1v) is 9.97. The topological polar surface area (TPSA) is 84.5 Å². The smallest absolute Gasteiger partial charge is 0.307 e. The molecule has 0 atom stereocenters. The number of benzene rings is 2. The molecule has 0 spiro atoms. The average Bonchev–Trinajstić information content (AvgIpc) is 2.67. The molecule has 0 aromatic heterocycles. The minimum Gasteiger partial charge on any atom is -0.456 e. The van der Waals surface area contributed by atoms with Gasteiger partial charge in [-0.1, -0.05) is 30.3 Å². The van der Waals surface area contributed by atoms with Crippen molar-refractivity contribution in [1.82, 2.24) is 5.32 Å². The molecule has 0 saturated carbocycles. The summed E-state index contributed by atoms with van der Waals surface area (Å²) < 4.78 is 5.65. The number of hydrogen-bond acceptors (Lipinski definition) is 5. The van der Waals surface area contributed by atoms with Crippen molar-refractivity contribution in [1.29, 1.82) is 0 Å². The van der Waals surface area contributed by atoms with E-state index in [1.165, 1.54) is 0 Å². The van der Waals surface area contributed by atoms with E-state index in [0.717, 1.165) is 9.37 Å². The normalized spacial score (nSPS) is 10.1. The predicted molar refractivity (Wildman–Crippen MR) is 109 cm³/mol. The van der Waals surface area contributed by atoms with Crippen molar-refractivity contribution in [2.24, 2.45) is 0 Å². The van der Waals surface area contributed by atoms with Crippen LogP contribution in [0.15, 0.2) is 64.0 Å². The van der Waals surface area contributed by atoms with Crippen LogP contribution < -0.4 is 10.6 Å². The summed E-state index contributed by atoms with van der Waals surface area (Å²) in [5.41, 5.74) is 0.610. The Hall–Kier alpha value is -2.32. The van der Waals surface area contributed by atoms with E-state index in [1.807, 2.05) is 36.4 Å². The molecular formula is C19H19BrN2O4S. The molecule has 27 heavy (non-hydrogen) atoms. The fourth-order valence-electron chi connectivity index (χ4n) is 1.97. The second-order valence-corrected chi connectivity index (χ2v) is 7.40. The van der Waals surface area contributed by atoms with Crippen LogP contribution in [-0.2, 0) is 19.1 Å². The van der Waals surface area contributed by atoms with Crippen LogP contribution >= 0.6 is 27.7 Å². The molecule has 2 aromatic rings. The zero-order valence-corrected chi connectivity index (χ0v) is 16.8. The summed E-state index contributed by atoms with van der Waals surface area (Å²) in [6, 6.07) is 16.8. The maximum atomic E-state index is 11.8. The van der Waals surface area contributed by atoms with Gasteiger partial charge in [-0.05, 0) is 40.2 Å². The first-order valence-electron chi connectivity index (χ1n) is 8.19. The van der Waals surface area contributed by atoms with Gasteiger partial charge >= 0.3 is 5.97 Å². The van der Waals surface area contributed by atoms with Crippen molar-refractivity contribution in [3.8, 4) is 0 Å². The summed E-state index contributed by atoms with van der Waals surface area (Å²) in [5.74, 6) is -0.785. The quantitative estimate of drug-likeness (QED) is 0.452. The second-order valence-electron chi connectivity index (χ2n) is 5.38. The molecule has 0 unspecified atom stereocenters. The van der Waals surface area contributed by atoms with Crippen LogP contribution in [0.4, 0.5) is 5.69 Å². The Morgan fingerprint density at radius 1 is 0.963 bits per heavy atom. The van der Waals surface area contributed by atoms with E-state index in [2.05, 4.69) is 26.6 Å². The number of halogens is 1. The summed E-state index contributed by atoms with van der Waals surface area (Å²) in [6.07, 6.45) is 0.204. The van der Waals surface area contributed by atoms with Gasteiger partial charge in [0.15, 0.2) is 6.61 Å². The van der Waals surface area contributed by atoms with Crippen LogP contribution in [0.1, 0.15) is 6.42 Å². The maximum absolute atomic E-state index is 11.8. The van der Waals surface area contributed by atoms with Gasteiger partial charge < -0.3 is 15.4 Å². The number of nitrogens with one attached hydrogen (secondary N) is 2. The number of anilines is 1. The van der Waals surface area contributed by atoms with E-state index in [1.54, 1.807) is 30.0 Å². The highest BCUT2D eigenvalue weighted by molar-refractivity contribution is 9.10. The molecule has 142 valence electrons. The van der Waals surface area contributed by atoms with Crippen LogP contribution in [0.2, 0.25) is 0 Å². The number of hydrogen-bond donors (Lipinski definition) is 2. The van der Waals surface area contributed by atoms with Gasteiger partial charge in [-0.15, -0.1) is 11.8 Å². The minimum atomic E-state index is -0.527. The van der Waals surface area contributed by atoms with Crippen molar-refractivity contribution in [3.05, 3.63) is 59.1 Å². The van der Waals surface area contributed by atoms with E-state index in [-0.39, 0.29) is 18.9 Å². The van der Waals surface area contributed by atoms with E-state index >= 15 is 0 Å². The van der Waals surface area contributed by atoms with Crippen LogP contribution in [0, 0.1) is 0 Å². The summed E-state index contributed by atoms with van der Waals surface area (Å²) in [7, 11) is 0. The van der Waals surface area contributed by atoms with Gasteiger partial charge in [0, 0.05) is 15.1 Å². The molecule has 0 saturated heterocycles. The summed E-state index contributed by atoms with van der Waals surface area (Å²) in [6.45, 7) is -0.612. The third-order valence-electron chi connectivity index (χ3n) is 3.28. The molecule has 0 aliphatic heterocycles. The molecule has 2 amide bonds. The molecule has 6 nitrogen and oxygen atoms in total. The van der Waals surface area contributed by atoms with Crippen molar-refractivity contribution in [2.75, 3.05) is 24.2 Å². The summed E-state index contributed by atoms with van der Waals surface area (Å²) >= 11 is 4.86. The predicted octanol–water partition coefficient (Wildman–Crippen LogP) is 3.23. The number of para-hydroxylation sites is 1. The van der Waals surface area contributed by atoms with Crippen molar-refractivity contribution < 1.29 is 19.1 Å². The molecule has 0 fully saturated rings. The molecule has 0 aliphatic carbocycles. The zero-order valence-electron chi connectivity index (χ0n) is 14.4. The fraction of sp³-hybridized carbons (Fsp3) is 0.211. The molecule has 2 rings (SSSR count). The molecule has 0 bridgehead atoms. The number of thioether (sulfide) groups is 1. The van der Waals surface area contributed by atoms with Crippen LogP contribution in [-0.4, -0.2) is 36.7 Å². The second kappa shape index (κ2) is 11.4. The first-order chi connectivity index (χ1) is 13.0. The molecule has 2 aromatic carbocycles. The largest absolute Gasteiger partial charge is 0.456 e. The van der Waals surface area contributed by atoms with Gasteiger partial charge in [0.25, 0.3) is 5.91 Å². The average molecular weight is 451 g/mol. The highest BCUT2D eigenvalue weighted by atomic mass is 79.9. The van der Waals surface area contributed by atoms with E-state index in [4.69, 9.17) is 4.74 Å². The number of esters is 1. The lowest BCUT2D eigenvalue weighted by Gasteiger charge is -2.09. The number of amides is 2. The lowest BCUT2D eigenvalue weighted by molar-refractivity contribution is -0.148. The SMILES string of the molecule is O=C(COC(=O)CCSc1ccccc1)NCC(=O)Nc1ccccc1Br. The molecule has 0 aliphatic rings. The third kappa shape index (κ3) is 8.27. The number of ether oxygens (including phenoxy) is 1. The van der Waals surface area contributed by atoms with E-state index in [9.17, 15) is 14.4 Å². The zero-order chi connectivity index (χ0) is 19.5. The fourth-order valence-corrected chi connectivity index (χ4v) is 3.21. The molecular weight excluding hydrogens is 432 g/mol. The minimum absolute atomic E-state index is 0.204. The monoisotopic (exact) mass is 450 g/mol. The van der Waals surface area contributed by atoms with Gasteiger partial charge in [-0.2, -0.15) is 0 Å². The standard InChI is InChI=1S/C19H19BrN2O4S/c20-15-8-4-5-9-16(15)22-17(23)12-21-18(24)13-26-19(25)10-11-27-14-6-2-1-3-7-14/h1-9H,10-13H2,(H,21,24)(H,22,23). The van der Waals surface area contributed by atoms with Crippen LogP contribution in [0.3, 0.4) is 0 Å². The summed E-state index contributed by atoms with van der Waals surface area (Å²) in [5, 5.41) is 5.07. The van der Waals surface area contributed by atoms with E-state index in [0.29, 0.717) is 11.4 Å². The lowest BCUT2D eigenvalue weighted by Crippen LogP contribution is -2.35. The maximum Gasteiger partial charge on any atom is 0.307 e. The Labute approximate surface area is 170 Å². The highest BCUT2D eigenvalue weighted by Crippen LogP contribution is 2.20. The van der Waals surface area contributed by atoms with E-state index < -0.39 is 18.5 Å². The number of carbonyl (C=O) groups is 3. The molecule has 2 N–H and O–H groups in total. The number of rotatable bonds is 9. The Morgan fingerprint density at radius 2 is 1.67 bits per heavy atom. The van der Waals surface area contributed by atoms with Gasteiger partial charge in [0.05, 0.1) is 18.7 Å².